The monoisotopic (exact) mass is 171 g/mol. The van der Waals surface area contributed by atoms with Crippen molar-refractivity contribution in [2.75, 3.05) is 0 Å². The van der Waals surface area contributed by atoms with E-state index in [1.54, 1.807) is 11.3 Å². The van der Waals surface area contributed by atoms with E-state index in [4.69, 9.17) is 6.42 Å². The maximum atomic E-state index is 5.28. The molecule has 0 aliphatic heterocycles. The molecule has 0 nitrogen and oxygen atoms in total. The molecule has 57 valence electrons. The van der Waals surface area contributed by atoms with Crippen LogP contribution in [0.1, 0.15) is 9.75 Å². The van der Waals surface area contributed by atoms with E-state index >= 15 is 0 Å². The summed E-state index contributed by atoms with van der Waals surface area (Å²) in [6.45, 7) is 0. The molecule has 1 aromatic rings. The maximum Gasteiger partial charge on any atom is 0.0768 e. The summed E-state index contributed by atoms with van der Waals surface area (Å²) >= 11 is 1.65. The van der Waals surface area contributed by atoms with Gasteiger partial charge in [0.2, 0.25) is 0 Å². The lowest BCUT2D eigenvalue weighted by Gasteiger charge is -2.01. The third kappa shape index (κ3) is 1.40. The predicted molar refractivity (Wildman–Crippen MR) is 51.8 cm³/mol. The fraction of sp³-hybridized carbons (Fsp3) is 0. The molecule has 0 aromatic carbocycles. The van der Waals surface area contributed by atoms with E-state index in [2.05, 4.69) is 24.8 Å². The first-order valence-corrected chi connectivity index (χ1v) is 4.50. The molecule has 12 heavy (non-hydrogen) atoms. The highest BCUT2D eigenvalue weighted by Gasteiger charge is 2.19. The van der Waals surface area contributed by atoms with Crippen LogP contribution in [0.3, 0.4) is 0 Å². The van der Waals surface area contributed by atoms with E-state index < -0.39 is 0 Å². The Morgan fingerprint density at radius 2 is 1.92 bits per heavy atom. The van der Waals surface area contributed by atoms with E-state index in [0.29, 0.717) is 0 Å². The second kappa shape index (κ2) is 3.33. The minimum absolute atomic E-state index is 0.992. The molecular weight excluding hydrogens is 164 g/mol. The van der Waals surface area contributed by atoms with Gasteiger partial charge in [-0.15, -0.1) is 17.8 Å². The molecule has 0 spiro atoms. The van der Waals surface area contributed by atoms with Crippen molar-refractivity contribution in [2.45, 2.75) is 0 Å². The average Bonchev–Trinajstić information content (AvgIpc) is 2.75. The molecule has 0 bridgehead atoms. The number of rotatable bonds is 1. The number of hydrogen-bond donors (Lipinski definition) is 0. The Kier molecular flexibility index (Phi) is 2.19. The second-order valence-electron chi connectivity index (χ2n) is 2.48. The zero-order valence-corrected chi connectivity index (χ0v) is 7.27. The van der Waals surface area contributed by atoms with Crippen molar-refractivity contribution in [1.29, 1.82) is 0 Å². The van der Waals surface area contributed by atoms with E-state index in [1.165, 1.54) is 10.8 Å². The molecule has 5 radical (unpaired) electrons. The minimum atomic E-state index is 0.992. The van der Waals surface area contributed by atoms with Gasteiger partial charge < -0.3 is 0 Å². The van der Waals surface area contributed by atoms with Crippen molar-refractivity contribution in [3.63, 3.8) is 0 Å². The van der Waals surface area contributed by atoms with Gasteiger partial charge in [-0.3, -0.25) is 0 Å². The third-order valence-corrected chi connectivity index (χ3v) is 2.76. The summed E-state index contributed by atoms with van der Waals surface area (Å²) in [5.74, 6) is 3.88. The van der Waals surface area contributed by atoms with E-state index in [1.807, 2.05) is 18.9 Å². The van der Waals surface area contributed by atoms with Crippen molar-refractivity contribution in [3.05, 3.63) is 53.5 Å². The summed E-state index contributed by atoms with van der Waals surface area (Å²) < 4.78 is 0. The topological polar surface area (TPSA) is 0 Å². The van der Waals surface area contributed by atoms with Crippen LogP contribution in [0.5, 0.6) is 0 Å². The van der Waals surface area contributed by atoms with Crippen LogP contribution < -0.4 is 0 Å². The smallest absolute Gasteiger partial charge is 0.0768 e. The third-order valence-electron chi connectivity index (χ3n) is 1.70. The molecule has 1 heteroatoms. The number of hydrogen-bond acceptors (Lipinski definition) is 1. The zero-order valence-electron chi connectivity index (χ0n) is 6.45. The van der Waals surface area contributed by atoms with Gasteiger partial charge in [0.15, 0.2) is 0 Å². The fourth-order valence-electron chi connectivity index (χ4n) is 1.11. The highest BCUT2D eigenvalue weighted by Crippen LogP contribution is 2.33. The van der Waals surface area contributed by atoms with Crippen LogP contribution in [0.25, 0.3) is 0 Å². The van der Waals surface area contributed by atoms with E-state index in [9.17, 15) is 0 Å². The largest absolute Gasteiger partial charge is 0.131 e. The van der Waals surface area contributed by atoms with Crippen LogP contribution in [-0.2, 0) is 0 Å². The van der Waals surface area contributed by atoms with Crippen LogP contribution >= 0.6 is 11.3 Å². The van der Waals surface area contributed by atoms with Gasteiger partial charge in [0.25, 0.3) is 0 Å². The molecule has 1 aliphatic carbocycles. The number of terminal acetylenes is 1. The molecule has 0 amide bonds. The quantitative estimate of drug-likeness (QED) is 0.569. The Morgan fingerprint density at radius 3 is 2.50 bits per heavy atom. The Hall–Kier alpha value is -0.740. The summed E-state index contributed by atoms with van der Waals surface area (Å²) in [6, 6.07) is 4.04. The second-order valence-corrected chi connectivity index (χ2v) is 3.57. The first-order chi connectivity index (χ1) is 5.90. The molecule has 0 N–H and O–H groups in total. The summed E-state index contributed by atoms with van der Waals surface area (Å²) in [6.07, 6.45) is 13.5. The molecule has 1 heterocycles. The summed E-state index contributed by atoms with van der Waals surface area (Å²) in [5.41, 5.74) is 0. The zero-order chi connectivity index (χ0) is 8.39. The fourth-order valence-corrected chi connectivity index (χ4v) is 1.93. The van der Waals surface area contributed by atoms with Crippen LogP contribution in [0, 0.1) is 43.9 Å². The molecule has 1 saturated carbocycles. The van der Waals surface area contributed by atoms with E-state index in [0.717, 1.165) is 4.88 Å². The summed E-state index contributed by atoms with van der Waals surface area (Å²) in [4.78, 5) is 2.24. The van der Waals surface area contributed by atoms with Gasteiger partial charge in [0.1, 0.15) is 0 Å². The first-order valence-electron chi connectivity index (χ1n) is 3.68. The molecule has 1 fully saturated rings. The maximum absolute atomic E-state index is 5.28. The highest BCUT2D eigenvalue weighted by atomic mass is 32.1. The highest BCUT2D eigenvalue weighted by molar-refractivity contribution is 7.13. The lowest BCUT2D eigenvalue weighted by molar-refractivity contribution is 1.35. The Morgan fingerprint density at radius 1 is 1.17 bits per heavy atom. The van der Waals surface area contributed by atoms with Gasteiger partial charge in [-0.2, -0.15) is 0 Å². The first kappa shape index (κ1) is 7.89. The van der Waals surface area contributed by atoms with E-state index in [-0.39, 0.29) is 0 Å². The van der Waals surface area contributed by atoms with Crippen LogP contribution in [0.15, 0.2) is 12.1 Å². The van der Waals surface area contributed by atoms with Crippen molar-refractivity contribution in [1.82, 2.24) is 0 Å². The summed E-state index contributed by atoms with van der Waals surface area (Å²) in [7, 11) is 0. The van der Waals surface area contributed by atoms with Crippen molar-refractivity contribution < 1.29 is 0 Å². The van der Waals surface area contributed by atoms with Crippen LogP contribution in [-0.4, -0.2) is 0 Å². The molecule has 2 rings (SSSR count). The van der Waals surface area contributed by atoms with Gasteiger partial charge in [-0.05, 0) is 37.8 Å². The van der Waals surface area contributed by atoms with Gasteiger partial charge in [-0.25, -0.2) is 0 Å². The molecule has 0 saturated heterocycles. The van der Waals surface area contributed by atoms with Crippen LogP contribution in [0.4, 0.5) is 0 Å². The van der Waals surface area contributed by atoms with Crippen molar-refractivity contribution in [2.24, 2.45) is 0 Å². The summed E-state index contributed by atoms with van der Waals surface area (Å²) in [5, 5.41) is 0. The van der Waals surface area contributed by atoms with Crippen molar-refractivity contribution in [3.8, 4) is 12.3 Å². The van der Waals surface area contributed by atoms with Gasteiger partial charge >= 0.3 is 0 Å². The molecule has 1 aromatic heterocycles. The Bertz CT molecular complexity index is 297. The van der Waals surface area contributed by atoms with Gasteiger partial charge in [0.05, 0.1) is 4.88 Å². The predicted octanol–water partition coefficient (Wildman–Crippen LogP) is 2.48. The molecule has 0 unspecified atom stereocenters. The lowest BCUT2D eigenvalue weighted by Crippen LogP contribution is -1.88. The van der Waals surface area contributed by atoms with Crippen LogP contribution in [0.2, 0.25) is 0 Å². The normalized spacial score (nSPS) is 17.9. The molecular formula is C11H7S. The Balaban J connectivity index is 2.17. The molecule has 0 atom stereocenters. The van der Waals surface area contributed by atoms with Crippen molar-refractivity contribution >= 4 is 11.3 Å². The average molecular weight is 171 g/mol. The SMILES string of the molecule is C#Cc1ccc([C]2[CH][CH][CH][CH]2)s1. The minimum Gasteiger partial charge on any atom is -0.131 e. The van der Waals surface area contributed by atoms with Gasteiger partial charge in [0, 0.05) is 10.8 Å². The standard InChI is InChI=1S/C11H7S/c1-2-10-7-8-11(12-10)9-5-3-4-6-9/h1,3-8H. The molecule has 1 aliphatic rings. The van der Waals surface area contributed by atoms with Gasteiger partial charge in [-0.1, -0.05) is 5.92 Å². The Labute approximate surface area is 77.6 Å². The number of thiophene rings is 1. The lowest BCUT2D eigenvalue weighted by atomic mass is 10.1.